The molecule has 2 rings (SSSR count). The van der Waals surface area contributed by atoms with Gasteiger partial charge in [0.15, 0.2) is 0 Å². The first-order valence-corrected chi connectivity index (χ1v) is 6.62. The summed E-state index contributed by atoms with van der Waals surface area (Å²) < 4.78 is 28.0. The normalized spacial score (nSPS) is 16.2. The van der Waals surface area contributed by atoms with E-state index in [1.54, 1.807) is 9.80 Å². The predicted octanol–water partition coefficient (Wildman–Crippen LogP) is 1.52. The van der Waals surface area contributed by atoms with Crippen LogP contribution in [0.15, 0.2) is 12.1 Å². The number of benzene rings is 1. The molecule has 110 valence electrons. The fourth-order valence-electron chi connectivity index (χ4n) is 2.47. The molecule has 1 saturated heterocycles. The minimum absolute atomic E-state index is 0.0246. The van der Waals surface area contributed by atoms with Crippen molar-refractivity contribution >= 4 is 11.6 Å². The van der Waals surface area contributed by atoms with Crippen molar-refractivity contribution in [3.8, 4) is 0 Å². The quantitative estimate of drug-likeness (QED) is 0.895. The predicted molar refractivity (Wildman–Crippen MR) is 71.4 cm³/mol. The Morgan fingerprint density at radius 3 is 2.40 bits per heavy atom. The van der Waals surface area contributed by atoms with E-state index < -0.39 is 18.2 Å². The molecule has 1 N–H and O–H groups in total. The standard InChI is InChI=1S/C14H18F2N2O2/c1-10(20)17-3-2-4-18(6-5-17)14-12(15)7-11(9-19)8-13(14)16/h7-8,19H,2-6,9H2,1H3. The Balaban J connectivity index is 2.21. The average Bonchev–Trinajstić information content (AvgIpc) is 2.63. The highest BCUT2D eigenvalue weighted by molar-refractivity contribution is 5.73. The number of halogens is 2. The van der Waals surface area contributed by atoms with Crippen LogP contribution in [0, 0.1) is 11.6 Å². The van der Waals surface area contributed by atoms with Crippen LogP contribution in [0.1, 0.15) is 18.9 Å². The van der Waals surface area contributed by atoms with E-state index in [1.807, 2.05) is 0 Å². The molecule has 1 fully saturated rings. The summed E-state index contributed by atoms with van der Waals surface area (Å²) in [6, 6.07) is 2.29. The lowest BCUT2D eigenvalue weighted by molar-refractivity contribution is -0.128. The van der Waals surface area contributed by atoms with Gasteiger partial charge in [0, 0.05) is 33.1 Å². The SMILES string of the molecule is CC(=O)N1CCCN(c2c(F)cc(CO)cc2F)CC1. The lowest BCUT2D eigenvalue weighted by Gasteiger charge is -2.24. The summed E-state index contributed by atoms with van der Waals surface area (Å²) in [7, 11) is 0. The molecule has 20 heavy (non-hydrogen) atoms. The number of amides is 1. The summed E-state index contributed by atoms with van der Waals surface area (Å²) in [6.07, 6.45) is 0.667. The minimum Gasteiger partial charge on any atom is -0.392 e. The molecule has 0 bridgehead atoms. The number of rotatable bonds is 2. The Labute approximate surface area is 116 Å². The Morgan fingerprint density at radius 1 is 1.20 bits per heavy atom. The van der Waals surface area contributed by atoms with Crippen molar-refractivity contribution in [2.24, 2.45) is 0 Å². The largest absolute Gasteiger partial charge is 0.392 e. The number of carbonyl (C=O) groups excluding carboxylic acids is 1. The first kappa shape index (κ1) is 14.7. The molecule has 1 aliphatic heterocycles. The van der Waals surface area contributed by atoms with Crippen LogP contribution >= 0.6 is 0 Å². The van der Waals surface area contributed by atoms with Gasteiger partial charge < -0.3 is 14.9 Å². The number of anilines is 1. The third-order valence-electron chi connectivity index (χ3n) is 3.52. The van der Waals surface area contributed by atoms with Gasteiger partial charge in [0.1, 0.15) is 17.3 Å². The molecule has 0 atom stereocenters. The van der Waals surface area contributed by atoms with E-state index in [9.17, 15) is 13.6 Å². The number of nitrogens with zero attached hydrogens (tertiary/aromatic N) is 2. The lowest BCUT2D eigenvalue weighted by Crippen LogP contribution is -2.34. The van der Waals surface area contributed by atoms with Crippen LogP contribution in [0.25, 0.3) is 0 Å². The average molecular weight is 284 g/mol. The van der Waals surface area contributed by atoms with Crippen molar-refractivity contribution in [1.82, 2.24) is 4.90 Å². The second-order valence-electron chi connectivity index (χ2n) is 4.91. The van der Waals surface area contributed by atoms with Gasteiger partial charge in [-0.3, -0.25) is 4.79 Å². The van der Waals surface area contributed by atoms with Gasteiger partial charge in [0.2, 0.25) is 5.91 Å². The van der Waals surface area contributed by atoms with E-state index >= 15 is 0 Å². The first-order valence-electron chi connectivity index (χ1n) is 6.62. The van der Waals surface area contributed by atoms with Crippen molar-refractivity contribution in [1.29, 1.82) is 0 Å². The van der Waals surface area contributed by atoms with E-state index in [0.717, 1.165) is 12.1 Å². The second-order valence-corrected chi connectivity index (χ2v) is 4.91. The Kier molecular flexibility index (Phi) is 4.54. The fraction of sp³-hybridized carbons (Fsp3) is 0.500. The zero-order chi connectivity index (χ0) is 14.7. The Bertz CT molecular complexity index is 485. The molecule has 0 radical (unpaired) electrons. The van der Waals surface area contributed by atoms with Crippen molar-refractivity contribution in [2.75, 3.05) is 31.1 Å². The van der Waals surface area contributed by atoms with Crippen LogP contribution < -0.4 is 4.90 Å². The highest BCUT2D eigenvalue weighted by Crippen LogP contribution is 2.26. The molecule has 6 heteroatoms. The van der Waals surface area contributed by atoms with Crippen LogP contribution in [-0.4, -0.2) is 42.1 Å². The fourth-order valence-corrected chi connectivity index (χ4v) is 2.47. The van der Waals surface area contributed by atoms with Gasteiger partial charge in [-0.05, 0) is 24.1 Å². The summed E-state index contributed by atoms with van der Waals surface area (Å²) in [5.41, 5.74) is 0.136. The van der Waals surface area contributed by atoms with Crippen LogP contribution in [-0.2, 0) is 11.4 Å². The zero-order valence-corrected chi connectivity index (χ0v) is 11.4. The van der Waals surface area contributed by atoms with Crippen molar-refractivity contribution < 1.29 is 18.7 Å². The molecule has 1 aliphatic rings. The second kappa shape index (κ2) is 6.17. The van der Waals surface area contributed by atoms with E-state index in [2.05, 4.69) is 0 Å². The van der Waals surface area contributed by atoms with E-state index in [1.165, 1.54) is 6.92 Å². The molecule has 1 aromatic carbocycles. The summed E-state index contributed by atoms with van der Waals surface area (Å²) in [5.74, 6) is -1.38. The van der Waals surface area contributed by atoms with Crippen LogP contribution in [0.2, 0.25) is 0 Å². The summed E-state index contributed by atoms with van der Waals surface area (Å²) in [6.45, 7) is 3.04. The number of hydrogen-bond acceptors (Lipinski definition) is 3. The van der Waals surface area contributed by atoms with Gasteiger partial charge in [-0.2, -0.15) is 0 Å². The highest BCUT2D eigenvalue weighted by atomic mass is 19.1. The maximum atomic E-state index is 14.0. The molecule has 0 aromatic heterocycles. The van der Waals surface area contributed by atoms with E-state index in [-0.39, 0.29) is 17.2 Å². The highest BCUT2D eigenvalue weighted by Gasteiger charge is 2.22. The summed E-state index contributed by atoms with van der Waals surface area (Å²) in [5, 5.41) is 8.94. The molecule has 0 unspecified atom stereocenters. The number of carbonyl (C=O) groups is 1. The van der Waals surface area contributed by atoms with Gasteiger partial charge in [-0.25, -0.2) is 8.78 Å². The zero-order valence-electron chi connectivity index (χ0n) is 11.4. The molecule has 1 heterocycles. The molecule has 0 saturated carbocycles. The van der Waals surface area contributed by atoms with Gasteiger partial charge in [0.05, 0.1) is 6.61 Å². The van der Waals surface area contributed by atoms with Gasteiger partial charge >= 0.3 is 0 Å². The van der Waals surface area contributed by atoms with Crippen molar-refractivity contribution in [3.05, 3.63) is 29.3 Å². The van der Waals surface area contributed by atoms with Gasteiger partial charge in [-0.1, -0.05) is 0 Å². The summed E-state index contributed by atoms with van der Waals surface area (Å²) >= 11 is 0. The number of aliphatic hydroxyl groups is 1. The molecular formula is C14H18F2N2O2. The lowest BCUT2D eigenvalue weighted by atomic mass is 10.1. The van der Waals surface area contributed by atoms with Gasteiger partial charge in [-0.15, -0.1) is 0 Å². The third-order valence-corrected chi connectivity index (χ3v) is 3.52. The van der Waals surface area contributed by atoms with Crippen molar-refractivity contribution in [2.45, 2.75) is 20.0 Å². The molecule has 0 aliphatic carbocycles. The molecular weight excluding hydrogens is 266 g/mol. The molecule has 4 nitrogen and oxygen atoms in total. The maximum Gasteiger partial charge on any atom is 0.219 e. The smallest absolute Gasteiger partial charge is 0.219 e. The molecule has 1 amide bonds. The van der Waals surface area contributed by atoms with Crippen molar-refractivity contribution in [3.63, 3.8) is 0 Å². The Morgan fingerprint density at radius 2 is 1.85 bits per heavy atom. The summed E-state index contributed by atoms with van der Waals surface area (Å²) in [4.78, 5) is 14.6. The molecule has 0 spiro atoms. The van der Waals surface area contributed by atoms with Crippen LogP contribution in [0.3, 0.4) is 0 Å². The topological polar surface area (TPSA) is 43.8 Å². The minimum atomic E-state index is -0.676. The number of hydrogen-bond donors (Lipinski definition) is 1. The van der Waals surface area contributed by atoms with E-state index in [0.29, 0.717) is 32.6 Å². The number of aliphatic hydroxyl groups excluding tert-OH is 1. The van der Waals surface area contributed by atoms with Crippen LogP contribution in [0.5, 0.6) is 0 Å². The first-order chi connectivity index (χ1) is 9.52. The molecule has 1 aromatic rings. The third kappa shape index (κ3) is 3.07. The van der Waals surface area contributed by atoms with Crippen LogP contribution in [0.4, 0.5) is 14.5 Å². The Hall–Kier alpha value is -1.69. The monoisotopic (exact) mass is 284 g/mol. The van der Waals surface area contributed by atoms with E-state index in [4.69, 9.17) is 5.11 Å². The maximum absolute atomic E-state index is 14.0. The van der Waals surface area contributed by atoms with Gasteiger partial charge in [0.25, 0.3) is 0 Å².